The van der Waals surface area contributed by atoms with E-state index in [1.807, 2.05) is 31.2 Å². The van der Waals surface area contributed by atoms with Crippen LogP contribution in [-0.4, -0.2) is 60.8 Å². The average Bonchev–Trinajstić information content (AvgIpc) is 2.44. The second kappa shape index (κ2) is 7.07. The molecule has 2 unspecified atom stereocenters. The Kier molecular flexibility index (Phi) is 5.40. The topological polar surface area (TPSA) is 35.9 Å². The van der Waals surface area contributed by atoms with Crippen molar-refractivity contribution in [3.63, 3.8) is 0 Å². The Labute approximate surface area is 122 Å². The SMILES string of the molecule is CCOc1ccc(C(O)CN2CCN(C)C(C)C2)cc1. The summed E-state index contributed by atoms with van der Waals surface area (Å²) in [6.45, 7) is 8.68. The van der Waals surface area contributed by atoms with Gasteiger partial charge in [-0.15, -0.1) is 0 Å². The monoisotopic (exact) mass is 278 g/mol. The first-order chi connectivity index (χ1) is 9.60. The molecule has 1 aromatic rings. The highest BCUT2D eigenvalue weighted by atomic mass is 16.5. The van der Waals surface area contributed by atoms with E-state index in [1.165, 1.54) is 0 Å². The molecule has 1 aromatic carbocycles. The fraction of sp³-hybridized carbons (Fsp3) is 0.625. The highest BCUT2D eigenvalue weighted by Gasteiger charge is 2.22. The first-order valence-corrected chi connectivity index (χ1v) is 7.43. The first-order valence-electron chi connectivity index (χ1n) is 7.43. The number of aliphatic hydroxyl groups is 1. The van der Waals surface area contributed by atoms with Crippen LogP contribution in [0.2, 0.25) is 0 Å². The van der Waals surface area contributed by atoms with E-state index in [9.17, 15) is 5.11 Å². The summed E-state index contributed by atoms with van der Waals surface area (Å²) >= 11 is 0. The average molecular weight is 278 g/mol. The number of hydrogen-bond donors (Lipinski definition) is 1. The molecule has 1 heterocycles. The lowest BCUT2D eigenvalue weighted by Crippen LogP contribution is -2.50. The smallest absolute Gasteiger partial charge is 0.119 e. The second-order valence-corrected chi connectivity index (χ2v) is 5.61. The van der Waals surface area contributed by atoms with Crippen molar-refractivity contribution in [3.8, 4) is 5.75 Å². The molecule has 1 N–H and O–H groups in total. The molecule has 1 saturated heterocycles. The minimum atomic E-state index is -0.429. The minimum Gasteiger partial charge on any atom is -0.494 e. The van der Waals surface area contributed by atoms with Crippen molar-refractivity contribution in [3.05, 3.63) is 29.8 Å². The number of aliphatic hydroxyl groups excluding tert-OH is 1. The fourth-order valence-corrected chi connectivity index (χ4v) is 2.59. The van der Waals surface area contributed by atoms with Gasteiger partial charge in [0.05, 0.1) is 12.7 Å². The standard InChI is InChI=1S/C16H26N2O2/c1-4-20-15-7-5-14(6-8-15)16(19)12-18-10-9-17(3)13(2)11-18/h5-8,13,16,19H,4,9-12H2,1-3H3. The molecule has 1 fully saturated rings. The van der Waals surface area contributed by atoms with Gasteiger partial charge >= 0.3 is 0 Å². The van der Waals surface area contributed by atoms with Crippen molar-refractivity contribution < 1.29 is 9.84 Å². The summed E-state index contributed by atoms with van der Waals surface area (Å²) in [5, 5.41) is 10.3. The van der Waals surface area contributed by atoms with Gasteiger partial charge in [0, 0.05) is 32.2 Å². The summed E-state index contributed by atoms with van der Waals surface area (Å²) < 4.78 is 5.42. The van der Waals surface area contributed by atoms with Crippen LogP contribution in [0.3, 0.4) is 0 Å². The van der Waals surface area contributed by atoms with Gasteiger partial charge in [-0.2, -0.15) is 0 Å². The molecule has 1 aliphatic rings. The lowest BCUT2D eigenvalue weighted by molar-refractivity contribution is 0.0568. The predicted molar refractivity (Wildman–Crippen MR) is 81.1 cm³/mol. The number of β-amino-alcohol motifs (C(OH)–C–C–N with tert-alkyl or cyclic N) is 1. The zero-order chi connectivity index (χ0) is 14.5. The number of hydrogen-bond acceptors (Lipinski definition) is 4. The molecule has 0 spiro atoms. The van der Waals surface area contributed by atoms with Gasteiger partial charge in [0.2, 0.25) is 0 Å². The molecule has 4 nitrogen and oxygen atoms in total. The molecule has 0 aliphatic carbocycles. The molecule has 1 aliphatic heterocycles. The van der Waals surface area contributed by atoms with Gasteiger partial charge in [-0.05, 0) is 38.6 Å². The van der Waals surface area contributed by atoms with Crippen molar-refractivity contribution >= 4 is 0 Å². The summed E-state index contributed by atoms with van der Waals surface area (Å²) in [7, 11) is 2.16. The highest BCUT2D eigenvalue weighted by Crippen LogP contribution is 2.20. The van der Waals surface area contributed by atoms with Gasteiger partial charge in [-0.1, -0.05) is 12.1 Å². The van der Waals surface area contributed by atoms with E-state index in [-0.39, 0.29) is 0 Å². The van der Waals surface area contributed by atoms with E-state index in [2.05, 4.69) is 23.8 Å². The highest BCUT2D eigenvalue weighted by molar-refractivity contribution is 5.28. The normalized spacial score (nSPS) is 22.7. The molecule has 112 valence electrons. The Morgan fingerprint density at radius 3 is 2.60 bits per heavy atom. The predicted octanol–water partition coefficient (Wildman–Crippen LogP) is 1.75. The summed E-state index contributed by atoms with van der Waals surface area (Å²) in [4.78, 5) is 4.70. The Balaban J connectivity index is 1.89. The molecule has 2 atom stereocenters. The van der Waals surface area contributed by atoms with Crippen LogP contribution in [0.1, 0.15) is 25.5 Å². The molecule has 2 rings (SSSR count). The van der Waals surface area contributed by atoms with Gasteiger partial charge in [0.25, 0.3) is 0 Å². The zero-order valence-corrected chi connectivity index (χ0v) is 12.7. The molecular weight excluding hydrogens is 252 g/mol. The summed E-state index contributed by atoms with van der Waals surface area (Å²) in [6.07, 6.45) is -0.429. The molecule has 0 radical (unpaired) electrons. The number of piperazine rings is 1. The third-order valence-electron chi connectivity index (χ3n) is 4.05. The van der Waals surface area contributed by atoms with Crippen molar-refractivity contribution in [2.45, 2.75) is 26.0 Å². The molecule has 4 heteroatoms. The van der Waals surface area contributed by atoms with Gasteiger partial charge in [-0.25, -0.2) is 0 Å². The molecule has 0 aromatic heterocycles. The fourth-order valence-electron chi connectivity index (χ4n) is 2.59. The molecule has 20 heavy (non-hydrogen) atoms. The summed E-state index contributed by atoms with van der Waals surface area (Å²) in [5.41, 5.74) is 0.958. The van der Waals surface area contributed by atoms with Gasteiger partial charge < -0.3 is 14.7 Å². The zero-order valence-electron chi connectivity index (χ0n) is 12.7. The molecule has 0 bridgehead atoms. The molecule has 0 amide bonds. The Hall–Kier alpha value is -1.10. The Morgan fingerprint density at radius 1 is 1.30 bits per heavy atom. The van der Waals surface area contributed by atoms with Crippen LogP contribution in [0.4, 0.5) is 0 Å². The van der Waals surface area contributed by atoms with Crippen molar-refractivity contribution in [1.29, 1.82) is 0 Å². The van der Waals surface area contributed by atoms with Crippen LogP contribution in [0.25, 0.3) is 0 Å². The Morgan fingerprint density at radius 2 is 2.00 bits per heavy atom. The van der Waals surface area contributed by atoms with E-state index in [4.69, 9.17) is 4.74 Å². The van der Waals surface area contributed by atoms with E-state index >= 15 is 0 Å². The van der Waals surface area contributed by atoms with Crippen LogP contribution in [0.15, 0.2) is 24.3 Å². The van der Waals surface area contributed by atoms with Crippen LogP contribution >= 0.6 is 0 Å². The maximum Gasteiger partial charge on any atom is 0.119 e. The third kappa shape index (κ3) is 3.95. The van der Waals surface area contributed by atoms with Gasteiger partial charge in [-0.3, -0.25) is 4.90 Å². The number of ether oxygens (including phenoxy) is 1. The maximum absolute atomic E-state index is 10.3. The largest absolute Gasteiger partial charge is 0.494 e. The van der Waals surface area contributed by atoms with E-state index in [0.717, 1.165) is 30.9 Å². The van der Waals surface area contributed by atoms with Crippen LogP contribution < -0.4 is 4.74 Å². The van der Waals surface area contributed by atoms with E-state index in [1.54, 1.807) is 0 Å². The molecular formula is C16H26N2O2. The lowest BCUT2D eigenvalue weighted by Gasteiger charge is -2.38. The van der Waals surface area contributed by atoms with Gasteiger partial charge in [0.15, 0.2) is 0 Å². The quantitative estimate of drug-likeness (QED) is 0.890. The van der Waals surface area contributed by atoms with E-state index in [0.29, 0.717) is 19.2 Å². The summed E-state index contributed by atoms with van der Waals surface area (Å²) in [6, 6.07) is 8.31. The number of rotatable bonds is 5. The lowest BCUT2D eigenvalue weighted by atomic mass is 10.1. The molecule has 0 saturated carbocycles. The first kappa shape index (κ1) is 15.3. The minimum absolute atomic E-state index is 0.429. The second-order valence-electron chi connectivity index (χ2n) is 5.61. The van der Waals surface area contributed by atoms with Crippen LogP contribution in [0, 0.1) is 0 Å². The van der Waals surface area contributed by atoms with Gasteiger partial charge in [0.1, 0.15) is 5.75 Å². The van der Waals surface area contributed by atoms with Crippen LogP contribution in [0.5, 0.6) is 5.75 Å². The van der Waals surface area contributed by atoms with Crippen molar-refractivity contribution in [2.24, 2.45) is 0 Å². The van der Waals surface area contributed by atoms with Crippen molar-refractivity contribution in [1.82, 2.24) is 9.80 Å². The third-order valence-corrected chi connectivity index (χ3v) is 4.05. The van der Waals surface area contributed by atoms with Crippen LogP contribution in [-0.2, 0) is 0 Å². The van der Waals surface area contributed by atoms with Crippen molar-refractivity contribution in [2.75, 3.05) is 39.8 Å². The number of likely N-dealkylation sites (N-methyl/N-ethyl adjacent to an activating group) is 1. The maximum atomic E-state index is 10.3. The number of nitrogens with zero attached hydrogens (tertiary/aromatic N) is 2. The summed E-state index contributed by atoms with van der Waals surface area (Å²) in [5.74, 6) is 0.858. The number of benzene rings is 1. The van der Waals surface area contributed by atoms with E-state index < -0.39 is 6.10 Å². The Bertz CT molecular complexity index is 407.